The van der Waals surface area contributed by atoms with Crippen molar-refractivity contribution >= 4 is 34.3 Å². The summed E-state index contributed by atoms with van der Waals surface area (Å²) in [6.07, 6.45) is 0. The van der Waals surface area contributed by atoms with Gasteiger partial charge in [0, 0.05) is 5.38 Å². The Morgan fingerprint density at radius 3 is 2.90 bits per heavy atom. The molecular formula is C12H15N3O4S. The fraction of sp³-hybridized carbons (Fsp3) is 0.500. The first-order chi connectivity index (χ1) is 9.36. The lowest BCUT2D eigenvalue weighted by Gasteiger charge is -2.39. The van der Waals surface area contributed by atoms with Crippen molar-refractivity contribution in [1.29, 1.82) is 0 Å². The number of carbonyl (C=O) groups is 3. The van der Waals surface area contributed by atoms with E-state index in [9.17, 15) is 14.4 Å². The molecule has 1 aromatic heterocycles. The first kappa shape index (κ1) is 14.4. The minimum absolute atomic E-state index is 0.0223. The molecule has 8 heteroatoms. The second kappa shape index (κ2) is 5.20. The molecule has 1 aliphatic heterocycles. The topological polar surface area (TPSA) is 88.6 Å². The number of aromatic nitrogens is 1. The van der Waals surface area contributed by atoms with Crippen LogP contribution in [0.4, 0.5) is 5.13 Å². The molecule has 2 rings (SSSR count). The van der Waals surface area contributed by atoms with Crippen molar-refractivity contribution in [2.75, 3.05) is 18.1 Å². The Labute approximate surface area is 119 Å². The van der Waals surface area contributed by atoms with E-state index in [1.165, 1.54) is 11.3 Å². The molecular weight excluding hydrogens is 282 g/mol. The number of anilines is 1. The van der Waals surface area contributed by atoms with Crippen LogP contribution in [0.15, 0.2) is 5.38 Å². The molecule has 108 valence electrons. The zero-order valence-corrected chi connectivity index (χ0v) is 12.2. The van der Waals surface area contributed by atoms with Crippen molar-refractivity contribution in [3.05, 3.63) is 11.1 Å². The van der Waals surface area contributed by atoms with Crippen LogP contribution in [0, 0.1) is 0 Å². The first-order valence-electron chi connectivity index (χ1n) is 6.10. The fourth-order valence-electron chi connectivity index (χ4n) is 1.78. The maximum absolute atomic E-state index is 11.9. The van der Waals surface area contributed by atoms with E-state index < -0.39 is 11.5 Å². The highest BCUT2D eigenvalue weighted by Crippen LogP contribution is 2.29. The highest BCUT2D eigenvalue weighted by Gasteiger charge is 2.42. The molecule has 1 aliphatic rings. The van der Waals surface area contributed by atoms with E-state index >= 15 is 0 Å². The summed E-state index contributed by atoms with van der Waals surface area (Å²) in [5.41, 5.74) is -0.724. The molecule has 1 saturated heterocycles. The molecule has 1 fully saturated rings. The first-order valence-corrected chi connectivity index (χ1v) is 6.98. The lowest BCUT2D eigenvalue weighted by atomic mass is 10.00. The van der Waals surface area contributed by atoms with E-state index in [1.54, 1.807) is 31.1 Å². The summed E-state index contributed by atoms with van der Waals surface area (Å²) in [5, 5.41) is 4.29. The zero-order chi connectivity index (χ0) is 14.9. The average molecular weight is 297 g/mol. The number of rotatable bonds is 3. The van der Waals surface area contributed by atoms with Crippen LogP contribution in [0.5, 0.6) is 0 Å². The molecule has 1 N–H and O–H groups in total. The van der Waals surface area contributed by atoms with Crippen LogP contribution < -0.4 is 10.2 Å². The number of carbonyl (C=O) groups excluding carboxylic acids is 3. The van der Waals surface area contributed by atoms with E-state index in [4.69, 9.17) is 4.74 Å². The molecule has 2 amide bonds. The summed E-state index contributed by atoms with van der Waals surface area (Å²) < 4.78 is 4.86. The lowest BCUT2D eigenvalue weighted by molar-refractivity contribution is -0.135. The molecule has 0 aliphatic carbocycles. The highest BCUT2D eigenvalue weighted by atomic mass is 32.1. The molecule has 0 saturated carbocycles. The third kappa shape index (κ3) is 2.51. The lowest BCUT2D eigenvalue weighted by Crippen LogP contribution is -2.64. The number of piperazine rings is 1. The molecule has 0 bridgehead atoms. The predicted molar refractivity (Wildman–Crippen MR) is 72.6 cm³/mol. The number of nitrogens with one attached hydrogen (secondary N) is 1. The fourth-order valence-corrected chi connectivity index (χ4v) is 2.71. The van der Waals surface area contributed by atoms with Gasteiger partial charge in [-0.1, -0.05) is 0 Å². The Hall–Kier alpha value is -1.96. The van der Waals surface area contributed by atoms with Gasteiger partial charge in [-0.15, -0.1) is 11.3 Å². The molecule has 0 unspecified atom stereocenters. The third-order valence-corrected chi connectivity index (χ3v) is 3.86. The van der Waals surface area contributed by atoms with Gasteiger partial charge in [0.2, 0.25) is 5.91 Å². The van der Waals surface area contributed by atoms with Gasteiger partial charge < -0.3 is 9.64 Å². The van der Waals surface area contributed by atoms with Gasteiger partial charge in [0.05, 0.1) is 6.61 Å². The molecule has 2 heterocycles. The van der Waals surface area contributed by atoms with Crippen LogP contribution in [0.3, 0.4) is 0 Å². The van der Waals surface area contributed by atoms with Gasteiger partial charge in [-0.2, -0.15) is 0 Å². The number of ether oxygens (including phenoxy) is 1. The standard InChI is InChI=1S/C12H15N3O4S/c1-4-19-9(17)7-6-20-11(13-7)15-5-8(16)14-10(18)12(15,2)3/h6H,4-5H2,1-3H3,(H,14,16,18). The van der Waals surface area contributed by atoms with Crippen molar-refractivity contribution in [1.82, 2.24) is 10.3 Å². The Kier molecular flexibility index (Phi) is 3.76. The SMILES string of the molecule is CCOC(=O)c1csc(N2CC(=O)NC(=O)C2(C)C)n1. The number of thiazole rings is 1. The van der Waals surface area contributed by atoms with E-state index in [0.717, 1.165) is 0 Å². The predicted octanol–water partition coefficient (Wildman–Crippen LogP) is 0.561. The Morgan fingerprint density at radius 2 is 2.25 bits per heavy atom. The molecule has 7 nitrogen and oxygen atoms in total. The quantitative estimate of drug-likeness (QED) is 0.648. The van der Waals surface area contributed by atoms with Crippen LogP contribution in [-0.2, 0) is 14.3 Å². The van der Waals surface area contributed by atoms with Gasteiger partial charge in [-0.25, -0.2) is 9.78 Å². The van der Waals surface area contributed by atoms with Gasteiger partial charge in [0.1, 0.15) is 12.1 Å². The highest BCUT2D eigenvalue weighted by molar-refractivity contribution is 7.14. The van der Waals surface area contributed by atoms with Crippen LogP contribution >= 0.6 is 11.3 Å². The number of amides is 2. The molecule has 1 aromatic rings. The van der Waals surface area contributed by atoms with Crippen molar-refractivity contribution in [2.24, 2.45) is 0 Å². The van der Waals surface area contributed by atoms with Gasteiger partial charge in [-0.3, -0.25) is 14.9 Å². The van der Waals surface area contributed by atoms with Gasteiger partial charge in [-0.05, 0) is 20.8 Å². The normalized spacial score (nSPS) is 17.9. The van der Waals surface area contributed by atoms with Crippen molar-refractivity contribution in [2.45, 2.75) is 26.3 Å². The summed E-state index contributed by atoms with van der Waals surface area (Å²) in [7, 11) is 0. The zero-order valence-electron chi connectivity index (χ0n) is 11.4. The van der Waals surface area contributed by atoms with Gasteiger partial charge >= 0.3 is 5.97 Å². The minimum atomic E-state index is -0.905. The van der Waals surface area contributed by atoms with Crippen molar-refractivity contribution in [3.8, 4) is 0 Å². The van der Waals surface area contributed by atoms with Crippen molar-refractivity contribution in [3.63, 3.8) is 0 Å². The Bertz CT molecular complexity index is 567. The smallest absolute Gasteiger partial charge is 0.357 e. The summed E-state index contributed by atoms with van der Waals surface area (Å²) in [6, 6.07) is 0. The van der Waals surface area contributed by atoms with Crippen LogP contribution in [0.2, 0.25) is 0 Å². The largest absolute Gasteiger partial charge is 0.461 e. The van der Waals surface area contributed by atoms with E-state index in [2.05, 4.69) is 10.3 Å². The van der Waals surface area contributed by atoms with Crippen LogP contribution in [0.1, 0.15) is 31.3 Å². The second-order valence-corrected chi connectivity index (χ2v) is 5.59. The molecule has 0 spiro atoms. The number of esters is 1. The molecule has 0 aromatic carbocycles. The Balaban J connectivity index is 2.28. The number of imide groups is 1. The monoisotopic (exact) mass is 297 g/mol. The maximum atomic E-state index is 11.9. The second-order valence-electron chi connectivity index (χ2n) is 4.76. The van der Waals surface area contributed by atoms with Gasteiger partial charge in [0.25, 0.3) is 5.91 Å². The summed E-state index contributed by atoms with van der Waals surface area (Å²) in [6.45, 7) is 5.39. The van der Waals surface area contributed by atoms with Crippen molar-refractivity contribution < 1.29 is 19.1 Å². The maximum Gasteiger partial charge on any atom is 0.357 e. The molecule has 0 radical (unpaired) electrons. The Morgan fingerprint density at radius 1 is 1.55 bits per heavy atom. The van der Waals surface area contributed by atoms with E-state index in [-0.39, 0.29) is 30.7 Å². The third-order valence-electron chi connectivity index (χ3n) is 2.99. The minimum Gasteiger partial charge on any atom is -0.461 e. The number of nitrogens with zero attached hydrogens (tertiary/aromatic N) is 2. The number of hydrogen-bond acceptors (Lipinski definition) is 7. The summed E-state index contributed by atoms with van der Waals surface area (Å²) in [5.74, 6) is -1.29. The average Bonchev–Trinajstić information content (AvgIpc) is 2.83. The summed E-state index contributed by atoms with van der Waals surface area (Å²) >= 11 is 1.20. The number of hydrogen-bond donors (Lipinski definition) is 1. The van der Waals surface area contributed by atoms with E-state index in [0.29, 0.717) is 5.13 Å². The molecule has 20 heavy (non-hydrogen) atoms. The van der Waals surface area contributed by atoms with Gasteiger partial charge in [0.15, 0.2) is 10.8 Å². The summed E-state index contributed by atoms with van der Waals surface area (Å²) in [4.78, 5) is 40.7. The van der Waals surface area contributed by atoms with E-state index in [1.807, 2.05) is 0 Å². The van der Waals surface area contributed by atoms with Crippen LogP contribution in [0.25, 0.3) is 0 Å². The van der Waals surface area contributed by atoms with Crippen LogP contribution in [-0.4, -0.2) is 41.5 Å². The molecule has 0 atom stereocenters.